The number of sulfonamides is 1. The summed E-state index contributed by atoms with van der Waals surface area (Å²) in [6.45, 7) is 0. The zero-order valence-corrected chi connectivity index (χ0v) is 14.6. The van der Waals surface area contributed by atoms with Crippen molar-refractivity contribution < 1.29 is 13.2 Å². The fourth-order valence-corrected chi connectivity index (χ4v) is 3.00. The predicted octanol–water partition coefficient (Wildman–Crippen LogP) is 2.11. The molecule has 0 aliphatic rings. The molecule has 1 aromatic carbocycles. The van der Waals surface area contributed by atoms with Crippen LogP contribution in [0.5, 0.6) is 6.01 Å². The van der Waals surface area contributed by atoms with Crippen LogP contribution < -0.4 is 14.4 Å². The third-order valence-electron chi connectivity index (χ3n) is 2.72. The van der Waals surface area contributed by atoms with E-state index < -0.39 is 10.0 Å². The van der Waals surface area contributed by atoms with Crippen LogP contribution >= 0.6 is 15.9 Å². The summed E-state index contributed by atoms with van der Waals surface area (Å²) < 4.78 is 33.1. The number of nitrogens with zero attached hydrogens (tertiary/aromatic N) is 3. The molecule has 1 N–H and O–H groups in total. The minimum atomic E-state index is -3.72. The molecule has 0 radical (unpaired) electrons. The van der Waals surface area contributed by atoms with Gasteiger partial charge in [-0.1, -0.05) is 15.9 Å². The van der Waals surface area contributed by atoms with Gasteiger partial charge in [-0.15, -0.1) is 0 Å². The van der Waals surface area contributed by atoms with Crippen LogP contribution in [0.15, 0.2) is 39.8 Å². The first-order valence-electron chi connectivity index (χ1n) is 6.20. The van der Waals surface area contributed by atoms with E-state index in [0.717, 1.165) is 4.47 Å². The Balaban J connectivity index is 2.39. The van der Waals surface area contributed by atoms with Crippen molar-refractivity contribution in [1.29, 1.82) is 0 Å². The number of rotatable bonds is 5. The molecule has 0 bridgehead atoms. The van der Waals surface area contributed by atoms with Gasteiger partial charge in [-0.25, -0.2) is 13.4 Å². The Kier molecular flexibility index (Phi) is 4.87. The number of aromatic nitrogens is 2. The summed E-state index contributed by atoms with van der Waals surface area (Å²) in [7, 11) is 1.22. The molecular formula is C13H15BrN4O3S. The van der Waals surface area contributed by atoms with Crippen molar-refractivity contribution in [3.05, 3.63) is 34.9 Å². The van der Waals surface area contributed by atoms with E-state index in [1.165, 1.54) is 25.4 Å². The van der Waals surface area contributed by atoms with Crippen molar-refractivity contribution >= 4 is 37.5 Å². The molecule has 0 amide bonds. The number of methoxy groups -OCH3 is 1. The van der Waals surface area contributed by atoms with Crippen molar-refractivity contribution in [1.82, 2.24) is 9.97 Å². The average Bonchev–Trinajstić information content (AvgIpc) is 2.47. The topological polar surface area (TPSA) is 84.4 Å². The first kappa shape index (κ1) is 16.5. The number of benzene rings is 1. The van der Waals surface area contributed by atoms with Crippen LogP contribution in [0.4, 0.5) is 11.5 Å². The summed E-state index contributed by atoms with van der Waals surface area (Å²) in [5, 5.41) is 0. The fraction of sp³-hybridized carbons (Fsp3) is 0.231. The molecule has 0 fully saturated rings. The normalized spacial score (nSPS) is 11.1. The quantitative estimate of drug-likeness (QED) is 0.846. The molecule has 0 aliphatic carbocycles. The Morgan fingerprint density at radius 2 is 1.86 bits per heavy atom. The number of ether oxygens (including phenoxy) is 1. The second kappa shape index (κ2) is 6.49. The van der Waals surface area contributed by atoms with Gasteiger partial charge in [0.05, 0.1) is 18.2 Å². The molecule has 118 valence electrons. The molecule has 2 aromatic rings. The lowest BCUT2D eigenvalue weighted by Crippen LogP contribution is -2.19. The van der Waals surface area contributed by atoms with E-state index >= 15 is 0 Å². The summed E-state index contributed by atoms with van der Waals surface area (Å²) in [5.74, 6) is 0.410. The average molecular weight is 387 g/mol. The van der Waals surface area contributed by atoms with Gasteiger partial charge in [0.1, 0.15) is 5.69 Å². The van der Waals surface area contributed by atoms with Gasteiger partial charge in [0.25, 0.3) is 10.0 Å². The highest BCUT2D eigenvalue weighted by Gasteiger charge is 2.18. The zero-order valence-electron chi connectivity index (χ0n) is 12.2. The number of halogens is 1. The van der Waals surface area contributed by atoms with Crippen LogP contribution in [-0.2, 0) is 10.0 Å². The van der Waals surface area contributed by atoms with Gasteiger partial charge >= 0.3 is 6.01 Å². The molecule has 2 rings (SSSR count). The molecule has 0 unspecified atom stereocenters. The van der Waals surface area contributed by atoms with Crippen molar-refractivity contribution in [3.63, 3.8) is 0 Å². The number of anilines is 2. The molecule has 0 saturated heterocycles. The Hall–Kier alpha value is -1.87. The molecule has 0 aliphatic heterocycles. The summed E-state index contributed by atoms with van der Waals surface area (Å²) >= 11 is 3.27. The molecule has 0 atom stereocenters. The maximum absolute atomic E-state index is 12.4. The smallest absolute Gasteiger partial charge is 0.318 e. The Bertz CT molecular complexity index is 763. The molecule has 7 nitrogen and oxygen atoms in total. The molecule has 1 aromatic heterocycles. The third-order valence-corrected chi connectivity index (χ3v) is 4.63. The van der Waals surface area contributed by atoms with Crippen LogP contribution in [-0.4, -0.2) is 39.6 Å². The molecular weight excluding hydrogens is 372 g/mol. The van der Waals surface area contributed by atoms with E-state index in [-0.39, 0.29) is 16.6 Å². The van der Waals surface area contributed by atoms with E-state index in [1.54, 1.807) is 31.1 Å². The third kappa shape index (κ3) is 3.66. The largest absolute Gasteiger partial charge is 0.467 e. The summed E-state index contributed by atoms with van der Waals surface area (Å²) in [5.41, 5.74) is 0.272. The second-order valence-electron chi connectivity index (χ2n) is 4.55. The van der Waals surface area contributed by atoms with E-state index in [1.807, 2.05) is 0 Å². The highest BCUT2D eigenvalue weighted by Crippen LogP contribution is 2.26. The lowest BCUT2D eigenvalue weighted by atomic mass is 10.4. The molecule has 9 heteroatoms. The maximum atomic E-state index is 12.4. The van der Waals surface area contributed by atoms with Crippen molar-refractivity contribution in [2.45, 2.75) is 4.90 Å². The molecule has 22 heavy (non-hydrogen) atoms. The van der Waals surface area contributed by atoms with Gasteiger partial charge in [0, 0.05) is 18.6 Å². The highest BCUT2D eigenvalue weighted by molar-refractivity contribution is 9.10. The molecule has 0 saturated carbocycles. The van der Waals surface area contributed by atoms with Gasteiger partial charge < -0.3 is 9.64 Å². The van der Waals surface area contributed by atoms with Gasteiger partial charge in [0.2, 0.25) is 0 Å². The SMILES string of the molecule is COc1ncc(NS(=O)(=O)c2ccc(Br)cc2)c(N(C)C)n1. The minimum absolute atomic E-state index is 0.149. The van der Waals surface area contributed by atoms with Crippen LogP contribution in [0.25, 0.3) is 0 Å². The van der Waals surface area contributed by atoms with E-state index in [2.05, 4.69) is 30.6 Å². The zero-order chi connectivity index (χ0) is 16.3. The standard InChI is InChI=1S/C13H15BrN4O3S/c1-18(2)12-11(8-15-13(16-12)21-3)17-22(19,20)10-6-4-9(14)5-7-10/h4-8,17H,1-3H3. The number of hydrogen-bond donors (Lipinski definition) is 1. The first-order chi connectivity index (χ1) is 10.3. The van der Waals surface area contributed by atoms with Crippen molar-refractivity contribution in [2.75, 3.05) is 30.8 Å². The van der Waals surface area contributed by atoms with Gasteiger partial charge in [-0.3, -0.25) is 4.72 Å². The fourth-order valence-electron chi connectivity index (χ4n) is 1.69. The monoisotopic (exact) mass is 386 g/mol. The van der Waals surface area contributed by atoms with Gasteiger partial charge in [0.15, 0.2) is 5.82 Å². The molecule has 0 spiro atoms. The summed E-state index contributed by atoms with van der Waals surface area (Å²) in [4.78, 5) is 9.90. The summed E-state index contributed by atoms with van der Waals surface area (Å²) in [6.07, 6.45) is 1.37. The van der Waals surface area contributed by atoms with E-state index in [4.69, 9.17) is 4.74 Å². The second-order valence-corrected chi connectivity index (χ2v) is 7.15. The van der Waals surface area contributed by atoms with E-state index in [0.29, 0.717) is 5.82 Å². The Morgan fingerprint density at radius 3 is 2.41 bits per heavy atom. The highest BCUT2D eigenvalue weighted by atomic mass is 79.9. The van der Waals surface area contributed by atoms with Gasteiger partial charge in [-0.2, -0.15) is 4.98 Å². The van der Waals surface area contributed by atoms with E-state index in [9.17, 15) is 8.42 Å². The maximum Gasteiger partial charge on any atom is 0.318 e. The Morgan fingerprint density at radius 1 is 1.23 bits per heavy atom. The first-order valence-corrected chi connectivity index (χ1v) is 8.48. The number of hydrogen-bond acceptors (Lipinski definition) is 6. The minimum Gasteiger partial charge on any atom is -0.467 e. The Labute approximate surface area is 137 Å². The lowest BCUT2D eigenvalue weighted by Gasteiger charge is -2.17. The summed E-state index contributed by atoms with van der Waals surface area (Å²) in [6, 6.07) is 6.49. The van der Waals surface area contributed by atoms with Crippen LogP contribution in [0.3, 0.4) is 0 Å². The van der Waals surface area contributed by atoms with Crippen molar-refractivity contribution in [2.24, 2.45) is 0 Å². The van der Waals surface area contributed by atoms with Crippen LogP contribution in [0.2, 0.25) is 0 Å². The van der Waals surface area contributed by atoms with Crippen LogP contribution in [0, 0.1) is 0 Å². The predicted molar refractivity (Wildman–Crippen MR) is 87.9 cm³/mol. The van der Waals surface area contributed by atoms with Crippen LogP contribution in [0.1, 0.15) is 0 Å². The van der Waals surface area contributed by atoms with Crippen molar-refractivity contribution in [3.8, 4) is 6.01 Å². The molecule has 1 heterocycles. The van der Waals surface area contributed by atoms with Gasteiger partial charge in [-0.05, 0) is 24.3 Å². The lowest BCUT2D eigenvalue weighted by molar-refractivity contribution is 0.380. The number of nitrogens with one attached hydrogen (secondary N) is 1.